The highest BCUT2D eigenvalue weighted by molar-refractivity contribution is 5.90. The molecule has 0 unspecified atom stereocenters. The van der Waals surface area contributed by atoms with Crippen molar-refractivity contribution in [2.45, 2.75) is 32.6 Å². The van der Waals surface area contributed by atoms with E-state index in [1.165, 1.54) is 25.7 Å². The van der Waals surface area contributed by atoms with Crippen LogP contribution >= 0.6 is 0 Å². The Hall–Kier alpha value is -0.570. The van der Waals surface area contributed by atoms with Gasteiger partial charge in [0, 0.05) is 6.54 Å². The maximum Gasteiger partial charge on any atom is 0.0895 e. The molecule has 0 radical (unpaired) electrons. The van der Waals surface area contributed by atoms with Crippen molar-refractivity contribution >= 4 is 5.71 Å². The first kappa shape index (κ1) is 9.00. The number of nitrogens with one attached hydrogen (secondary N) is 1. The summed E-state index contributed by atoms with van der Waals surface area (Å²) in [6.07, 6.45) is 5.47. The zero-order chi connectivity index (χ0) is 9.15. The molecule has 1 aliphatic carbocycles. The molecule has 0 amide bonds. The highest BCUT2D eigenvalue weighted by Gasteiger charge is 2.28. The minimum absolute atomic E-state index is 0.495. The molecule has 0 atom stereocenters. The number of hydrogen-bond acceptors (Lipinski definition) is 3. The van der Waals surface area contributed by atoms with E-state index in [9.17, 15) is 0 Å². The van der Waals surface area contributed by atoms with E-state index >= 15 is 0 Å². The molecule has 1 saturated carbocycles. The molecular weight excluding hydrogens is 164 g/mol. The molecule has 0 aromatic rings. The molecule has 1 saturated heterocycles. The van der Waals surface area contributed by atoms with Crippen LogP contribution in [0.15, 0.2) is 5.10 Å². The number of ether oxygens (including phenoxy) is 1. The molecule has 3 heteroatoms. The number of hydrogen-bond donors (Lipinski definition) is 1. The van der Waals surface area contributed by atoms with Crippen LogP contribution in [0.1, 0.15) is 32.6 Å². The van der Waals surface area contributed by atoms with Gasteiger partial charge in [0.05, 0.1) is 18.9 Å². The van der Waals surface area contributed by atoms with Gasteiger partial charge in [0.15, 0.2) is 0 Å². The monoisotopic (exact) mass is 182 g/mol. The fraction of sp³-hybridized carbons (Fsp3) is 0.900. The molecule has 0 aromatic carbocycles. The van der Waals surface area contributed by atoms with Crippen LogP contribution in [0.25, 0.3) is 0 Å². The van der Waals surface area contributed by atoms with Crippen molar-refractivity contribution in [2.75, 3.05) is 19.8 Å². The Morgan fingerprint density at radius 3 is 2.62 bits per heavy atom. The summed E-state index contributed by atoms with van der Waals surface area (Å²) in [4.78, 5) is 0. The lowest BCUT2D eigenvalue weighted by molar-refractivity contribution is 0.157. The van der Waals surface area contributed by atoms with Gasteiger partial charge in [0.25, 0.3) is 0 Å². The molecule has 3 nitrogen and oxygen atoms in total. The van der Waals surface area contributed by atoms with Gasteiger partial charge in [0.1, 0.15) is 0 Å². The Morgan fingerprint density at radius 2 is 2.08 bits per heavy atom. The van der Waals surface area contributed by atoms with Crippen LogP contribution in [0.3, 0.4) is 0 Å². The third-order valence-electron chi connectivity index (χ3n) is 3.09. The van der Waals surface area contributed by atoms with Gasteiger partial charge in [-0.3, -0.25) is 0 Å². The van der Waals surface area contributed by atoms with E-state index in [1.807, 2.05) is 0 Å². The van der Waals surface area contributed by atoms with Gasteiger partial charge in [-0.15, -0.1) is 0 Å². The lowest BCUT2D eigenvalue weighted by Crippen LogP contribution is -2.33. The van der Waals surface area contributed by atoms with Gasteiger partial charge in [-0.05, 0) is 18.3 Å². The Labute approximate surface area is 79.5 Å². The molecule has 1 heterocycles. The Bertz CT molecular complexity index is 201. The smallest absolute Gasteiger partial charge is 0.0895 e. The first-order valence-corrected chi connectivity index (χ1v) is 5.15. The first-order chi connectivity index (χ1) is 6.29. The summed E-state index contributed by atoms with van der Waals surface area (Å²) in [6.45, 7) is 4.83. The quantitative estimate of drug-likeness (QED) is 0.672. The molecule has 74 valence electrons. The summed E-state index contributed by atoms with van der Waals surface area (Å²) in [6, 6.07) is 0. The van der Waals surface area contributed by atoms with Crippen molar-refractivity contribution in [3.63, 3.8) is 0 Å². The lowest BCUT2D eigenvalue weighted by atomic mass is 9.89. The second kappa shape index (κ2) is 3.66. The van der Waals surface area contributed by atoms with Crippen LogP contribution in [-0.4, -0.2) is 25.5 Å². The molecule has 2 rings (SSSR count). The van der Waals surface area contributed by atoms with Gasteiger partial charge >= 0.3 is 0 Å². The van der Waals surface area contributed by atoms with Gasteiger partial charge in [-0.25, -0.2) is 0 Å². The normalized spacial score (nSPS) is 25.5. The predicted molar refractivity (Wildman–Crippen MR) is 52.8 cm³/mol. The van der Waals surface area contributed by atoms with Crippen molar-refractivity contribution in [2.24, 2.45) is 10.5 Å². The third-order valence-corrected chi connectivity index (χ3v) is 3.09. The topological polar surface area (TPSA) is 33.6 Å². The summed E-state index contributed by atoms with van der Waals surface area (Å²) in [5, 5.41) is 4.28. The third kappa shape index (κ3) is 2.21. The predicted octanol–water partition coefficient (Wildman–Crippen LogP) is 1.54. The van der Waals surface area contributed by atoms with Gasteiger partial charge < -0.3 is 10.2 Å². The van der Waals surface area contributed by atoms with Crippen LogP contribution in [0, 0.1) is 5.41 Å². The maximum absolute atomic E-state index is 5.01. The van der Waals surface area contributed by atoms with Crippen molar-refractivity contribution < 1.29 is 4.74 Å². The second-order valence-electron chi connectivity index (χ2n) is 4.52. The van der Waals surface area contributed by atoms with Crippen LogP contribution in [0.4, 0.5) is 0 Å². The molecule has 1 N–H and O–H groups in total. The molecular formula is C10H18N2O. The summed E-state index contributed by atoms with van der Waals surface area (Å²) >= 11 is 0. The average molecular weight is 182 g/mol. The summed E-state index contributed by atoms with van der Waals surface area (Å²) < 4.78 is 5.01. The van der Waals surface area contributed by atoms with Crippen LogP contribution < -0.4 is 5.43 Å². The van der Waals surface area contributed by atoms with Crippen LogP contribution in [0.2, 0.25) is 0 Å². The zero-order valence-electron chi connectivity index (χ0n) is 8.31. The second-order valence-corrected chi connectivity index (χ2v) is 4.52. The number of hydrazone groups is 1. The van der Waals surface area contributed by atoms with E-state index < -0.39 is 0 Å². The lowest BCUT2D eigenvalue weighted by Gasteiger charge is -2.23. The summed E-state index contributed by atoms with van der Waals surface area (Å²) in [7, 11) is 0. The van der Waals surface area contributed by atoms with E-state index in [0.29, 0.717) is 5.41 Å². The minimum atomic E-state index is 0.495. The highest BCUT2D eigenvalue weighted by Crippen LogP contribution is 2.36. The maximum atomic E-state index is 5.01. The van der Waals surface area contributed by atoms with E-state index in [2.05, 4.69) is 17.5 Å². The summed E-state index contributed by atoms with van der Waals surface area (Å²) in [5.41, 5.74) is 4.83. The molecule has 0 aromatic heterocycles. The highest BCUT2D eigenvalue weighted by atomic mass is 16.5. The molecule has 1 aliphatic heterocycles. The molecule has 2 fully saturated rings. The fourth-order valence-corrected chi connectivity index (χ4v) is 2.01. The minimum Gasteiger partial charge on any atom is -0.369 e. The first-order valence-electron chi connectivity index (χ1n) is 5.15. The van der Waals surface area contributed by atoms with Gasteiger partial charge in [-0.1, -0.05) is 19.8 Å². The van der Waals surface area contributed by atoms with Crippen molar-refractivity contribution in [3.05, 3.63) is 0 Å². The number of rotatable bonds is 3. The Morgan fingerprint density at radius 1 is 1.38 bits per heavy atom. The van der Waals surface area contributed by atoms with Crippen LogP contribution in [0.5, 0.6) is 0 Å². The van der Waals surface area contributed by atoms with E-state index in [-0.39, 0.29) is 0 Å². The Balaban J connectivity index is 1.71. The number of nitrogens with zero attached hydrogens (tertiary/aromatic N) is 1. The van der Waals surface area contributed by atoms with E-state index in [4.69, 9.17) is 4.74 Å². The fourth-order valence-electron chi connectivity index (χ4n) is 2.01. The van der Waals surface area contributed by atoms with E-state index in [1.54, 1.807) is 0 Å². The zero-order valence-corrected chi connectivity index (χ0v) is 8.31. The molecule has 2 aliphatic rings. The molecule has 0 spiro atoms. The van der Waals surface area contributed by atoms with Crippen molar-refractivity contribution in [1.29, 1.82) is 0 Å². The van der Waals surface area contributed by atoms with Crippen LogP contribution in [-0.2, 0) is 4.74 Å². The Kier molecular flexibility index (Phi) is 2.54. The SMILES string of the molecule is CC1(CNN=C2COC2)CCCC1. The van der Waals surface area contributed by atoms with Crippen molar-refractivity contribution in [3.8, 4) is 0 Å². The summed E-state index contributed by atoms with van der Waals surface area (Å²) in [5.74, 6) is 0. The standard InChI is InChI=1S/C10H18N2O/c1-10(4-2-3-5-10)8-11-12-9-6-13-7-9/h11H,2-8H2,1H3. The average Bonchev–Trinajstić information content (AvgIpc) is 2.43. The van der Waals surface area contributed by atoms with Gasteiger partial charge in [-0.2, -0.15) is 5.10 Å². The van der Waals surface area contributed by atoms with E-state index in [0.717, 1.165) is 25.5 Å². The molecule has 13 heavy (non-hydrogen) atoms. The molecule has 0 bridgehead atoms. The van der Waals surface area contributed by atoms with Crippen molar-refractivity contribution in [1.82, 2.24) is 5.43 Å². The van der Waals surface area contributed by atoms with Gasteiger partial charge in [0.2, 0.25) is 0 Å². The largest absolute Gasteiger partial charge is 0.369 e.